The summed E-state index contributed by atoms with van der Waals surface area (Å²) < 4.78 is 15.1. The summed E-state index contributed by atoms with van der Waals surface area (Å²) in [4.78, 5) is 3.25. The number of aromatic nitrogens is 2. The Morgan fingerprint density at radius 1 is 1.12 bits per heavy atom. The average Bonchev–Trinajstić information content (AvgIpc) is 2.56. The smallest absolute Gasteiger partial charge is 0.178 e. The van der Waals surface area contributed by atoms with E-state index in [1.54, 1.807) is 12.1 Å². The van der Waals surface area contributed by atoms with Crippen molar-refractivity contribution >= 4 is 21.8 Å². The number of nitrogens with one attached hydrogen (secondary N) is 1. The van der Waals surface area contributed by atoms with Crippen molar-refractivity contribution in [3.8, 4) is 0 Å². The predicted molar refractivity (Wildman–Crippen MR) is 56.9 cm³/mol. The number of aryl methyl sites for hydroxylation is 1. The number of rotatable bonds is 0. The van der Waals surface area contributed by atoms with Gasteiger partial charge in [-0.3, -0.25) is 0 Å². The lowest BCUT2D eigenvalue weighted by Crippen LogP contribution is -3.00. The van der Waals surface area contributed by atoms with E-state index in [-0.39, 0.29) is 29.8 Å². The van der Waals surface area contributed by atoms with E-state index in [1.807, 2.05) is 30.1 Å². The van der Waals surface area contributed by atoms with Crippen molar-refractivity contribution in [2.45, 2.75) is 0 Å². The Bertz CT molecular complexity index is 604. The molecule has 0 bridgehead atoms. The maximum Gasteiger partial charge on any atom is 0.178 e. The molecule has 3 aromatic rings. The van der Waals surface area contributed by atoms with Crippen molar-refractivity contribution in [2.24, 2.45) is 7.05 Å². The molecule has 0 saturated carbocycles. The molecule has 0 amide bonds. The minimum absolute atomic E-state index is 0. The fourth-order valence-electron chi connectivity index (χ4n) is 1.92. The lowest BCUT2D eigenvalue weighted by atomic mass is 10.2. The van der Waals surface area contributed by atoms with Gasteiger partial charge in [-0.15, -0.1) is 0 Å². The van der Waals surface area contributed by atoms with Crippen LogP contribution in [0.2, 0.25) is 0 Å². The van der Waals surface area contributed by atoms with Gasteiger partial charge >= 0.3 is 0 Å². The van der Waals surface area contributed by atoms with Crippen LogP contribution in [0.1, 0.15) is 0 Å². The fraction of sp³-hybridized carbons (Fsp3) is 0.0833. The minimum atomic E-state index is -0.199. The molecular formula is C12H10FIN2. The number of benzene rings is 1. The number of fused-ring (bicyclic) bond motifs is 3. The highest BCUT2D eigenvalue weighted by Gasteiger charge is 2.07. The summed E-state index contributed by atoms with van der Waals surface area (Å²) >= 11 is 0. The summed E-state index contributed by atoms with van der Waals surface area (Å²) in [7, 11) is 1.96. The molecule has 0 radical (unpaired) electrons. The highest BCUT2D eigenvalue weighted by molar-refractivity contribution is 6.06. The van der Waals surface area contributed by atoms with Gasteiger partial charge in [-0.05, 0) is 18.2 Å². The van der Waals surface area contributed by atoms with E-state index in [0.717, 1.165) is 21.8 Å². The summed E-state index contributed by atoms with van der Waals surface area (Å²) in [5.41, 5.74) is 2.01. The molecule has 1 aromatic carbocycles. The number of halogens is 2. The van der Waals surface area contributed by atoms with Crippen molar-refractivity contribution in [2.75, 3.05) is 0 Å². The van der Waals surface area contributed by atoms with E-state index in [1.165, 1.54) is 6.07 Å². The number of H-pyrrole nitrogens is 1. The second-order valence-electron chi connectivity index (χ2n) is 3.75. The van der Waals surface area contributed by atoms with Crippen LogP contribution >= 0.6 is 0 Å². The highest BCUT2D eigenvalue weighted by atomic mass is 127. The van der Waals surface area contributed by atoms with Gasteiger partial charge in [0.2, 0.25) is 0 Å². The minimum Gasteiger partial charge on any atom is -1.00 e. The first-order valence-electron chi connectivity index (χ1n) is 4.80. The van der Waals surface area contributed by atoms with E-state index >= 15 is 0 Å². The molecule has 0 aliphatic carbocycles. The van der Waals surface area contributed by atoms with Crippen molar-refractivity contribution in [3.05, 3.63) is 42.5 Å². The van der Waals surface area contributed by atoms with Crippen LogP contribution in [0.4, 0.5) is 4.39 Å². The third-order valence-corrected chi connectivity index (χ3v) is 2.64. The van der Waals surface area contributed by atoms with Crippen molar-refractivity contribution in [1.29, 1.82) is 0 Å². The normalized spacial score (nSPS) is 10.6. The van der Waals surface area contributed by atoms with Crippen LogP contribution in [0.3, 0.4) is 0 Å². The van der Waals surface area contributed by atoms with Crippen LogP contribution < -0.4 is 28.5 Å². The molecule has 0 fully saturated rings. The molecule has 0 saturated heterocycles. The lowest BCUT2D eigenvalue weighted by molar-refractivity contribution is -0.670. The van der Waals surface area contributed by atoms with Gasteiger partial charge in [-0.1, -0.05) is 0 Å². The molecule has 0 aliphatic rings. The zero-order valence-electron chi connectivity index (χ0n) is 8.67. The summed E-state index contributed by atoms with van der Waals surface area (Å²) in [5, 5.41) is 1.98. The van der Waals surface area contributed by atoms with Crippen molar-refractivity contribution in [1.82, 2.24) is 4.98 Å². The Kier molecular flexibility index (Phi) is 2.84. The monoisotopic (exact) mass is 328 g/mol. The second kappa shape index (κ2) is 4.01. The largest absolute Gasteiger partial charge is 1.00 e. The van der Waals surface area contributed by atoms with Gasteiger partial charge < -0.3 is 29.0 Å². The van der Waals surface area contributed by atoms with Gasteiger partial charge in [0.15, 0.2) is 12.4 Å². The quantitative estimate of drug-likeness (QED) is 0.416. The van der Waals surface area contributed by atoms with Crippen LogP contribution in [0.5, 0.6) is 0 Å². The Morgan fingerprint density at radius 2 is 1.88 bits per heavy atom. The first-order valence-corrected chi connectivity index (χ1v) is 4.80. The molecule has 4 heteroatoms. The molecule has 1 N–H and O–H groups in total. The van der Waals surface area contributed by atoms with E-state index in [2.05, 4.69) is 4.98 Å². The van der Waals surface area contributed by atoms with Gasteiger partial charge in [0.25, 0.3) is 0 Å². The van der Waals surface area contributed by atoms with Gasteiger partial charge in [0.1, 0.15) is 12.9 Å². The Labute approximate surface area is 109 Å². The van der Waals surface area contributed by atoms with Crippen molar-refractivity contribution in [3.63, 3.8) is 0 Å². The Hall–Kier alpha value is -1.17. The summed E-state index contributed by atoms with van der Waals surface area (Å²) in [6.07, 6.45) is 3.96. The summed E-state index contributed by atoms with van der Waals surface area (Å²) in [5.74, 6) is -0.199. The zero-order chi connectivity index (χ0) is 10.4. The second-order valence-corrected chi connectivity index (χ2v) is 3.75. The van der Waals surface area contributed by atoms with E-state index in [4.69, 9.17) is 0 Å². The standard InChI is InChI=1S/C12H9FN2.HI/c1-15-5-4-12-10(7-15)9-6-8(13)2-3-11(9)14-12;/h2-7H,1H3;1H. The topological polar surface area (TPSA) is 19.7 Å². The number of pyridine rings is 1. The third kappa shape index (κ3) is 1.67. The number of nitrogens with zero attached hydrogens (tertiary/aromatic N) is 1. The van der Waals surface area contributed by atoms with Crippen LogP contribution in [0, 0.1) is 5.82 Å². The van der Waals surface area contributed by atoms with E-state index in [9.17, 15) is 4.39 Å². The first kappa shape index (κ1) is 11.3. The average molecular weight is 328 g/mol. The third-order valence-electron chi connectivity index (χ3n) is 2.64. The maximum atomic E-state index is 13.1. The molecule has 0 unspecified atom stereocenters. The molecule has 82 valence electrons. The van der Waals surface area contributed by atoms with Crippen LogP contribution in [-0.4, -0.2) is 4.98 Å². The highest BCUT2D eigenvalue weighted by Crippen LogP contribution is 2.24. The van der Waals surface area contributed by atoms with Crippen LogP contribution in [0.15, 0.2) is 36.7 Å². The summed E-state index contributed by atoms with van der Waals surface area (Å²) in [6.45, 7) is 0. The predicted octanol–water partition coefficient (Wildman–Crippen LogP) is -0.711. The SMILES string of the molecule is C[n+]1ccc2[nH]c3ccc(F)cc3c2c1.[I-]. The van der Waals surface area contributed by atoms with Gasteiger partial charge in [-0.25, -0.2) is 8.96 Å². The molecule has 0 atom stereocenters. The molecule has 2 aromatic heterocycles. The zero-order valence-corrected chi connectivity index (χ0v) is 10.8. The first-order chi connectivity index (χ1) is 7.24. The Morgan fingerprint density at radius 3 is 2.69 bits per heavy atom. The fourth-order valence-corrected chi connectivity index (χ4v) is 1.92. The number of hydrogen-bond acceptors (Lipinski definition) is 0. The number of hydrogen-bond donors (Lipinski definition) is 1. The van der Waals surface area contributed by atoms with Crippen LogP contribution in [0.25, 0.3) is 21.8 Å². The van der Waals surface area contributed by atoms with Crippen molar-refractivity contribution < 1.29 is 32.9 Å². The van der Waals surface area contributed by atoms with Gasteiger partial charge in [0.05, 0.1) is 10.9 Å². The molecule has 3 rings (SSSR count). The summed E-state index contributed by atoms with van der Waals surface area (Å²) in [6, 6.07) is 6.80. The van der Waals surface area contributed by atoms with Gasteiger partial charge in [0, 0.05) is 17.0 Å². The van der Waals surface area contributed by atoms with Gasteiger partial charge in [-0.2, -0.15) is 0 Å². The lowest BCUT2D eigenvalue weighted by Gasteiger charge is -1.90. The molecular weight excluding hydrogens is 318 g/mol. The molecule has 2 heterocycles. The molecule has 0 spiro atoms. The van der Waals surface area contributed by atoms with Crippen LogP contribution in [-0.2, 0) is 7.05 Å². The molecule has 2 nitrogen and oxygen atoms in total. The molecule has 0 aliphatic heterocycles. The van der Waals surface area contributed by atoms with E-state index in [0.29, 0.717) is 0 Å². The maximum absolute atomic E-state index is 13.1. The number of aromatic amines is 1. The van der Waals surface area contributed by atoms with E-state index < -0.39 is 0 Å². The Balaban J connectivity index is 0.000000963. The molecule has 16 heavy (non-hydrogen) atoms.